The zero-order valence-corrected chi connectivity index (χ0v) is 19.2. The van der Waals surface area contributed by atoms with Gasteiger partial charge in [-0.2, -0.15) is 0 Å². The number of imidazole rings is 2. The van der Waals surface area contributed by atoms with Crippen molar-refractivity contribution in [2.45, 2.75) is 26.2 Å². The van der Waals surface area contributed by atoms with E-state index in [-0.39, 0.29) is 0 Å². The van der Waals surface area contributed by atoms with Crippen molar-refractivity contribution in [3.8, 4) is 0 Å². The number of hydrogen-bond donors (Lipinski definition) is 1. The zero-order chi connectivity index (χ0) is 23.5. The summed E-state index contributed by atoms with van der Waals surface area (Å²) in [6.45, 7) is 2.78. The lowest BCUT2D eigenvalue weighted by Crippen LogP contribution is -2.20. The summed E-state index contributed by atoms with van der Waals surface area (Å²) in [5.74, 6) is 2.00. The Morgan fingerprint density at radius 3 is 1.43 bits per heavy atom. The highest BCUT2D eigenvalue weighted by Crippen LogP contribution is 2.20. The molecule has 6 rings (SSSR count). The van der Waals surface area contributed by atoms with Crippen LogP contribution in [0.25, 0.3) is 22.1 Å². The first-order chi connectivity index (χ1) is 17.3. The molecule has 1 N–H and O–H groups in total. The third-order valence-corrected chi connectivity index (χ3v) is 6.21. The van der Waals surface area contributed by atoms with Gasteiger partial charge in [-0.15, -0.1) is 0 Å². The molecule has 0 radical (unpaired) electrons. The Bertz CT molecular complexity index is 1450. The van der Waals surface area contributed by atoms with E-state index in [0.717, 1.165) is 46.8 Å². The Labute approximate surface area is 203 Å². The Kier molecular flexibility index (Phi) is 5.74. The fourth-order valence-electron chi connectivity index (χ4n) is 4.50. The highest BCUT2D eigenvalue weighted by molar-refractivity contribution is 5.76. The number of aromatic nitrogens is 6. The van der Waals surface area contributed by atoms with Crippen LogP contribution in [0.4, 0.5) is 0 Å². The van der Waals surface area contributed by atoms with Crippen molar-refractivity contribution in [1.29, 1.82) is 0 Å². The average Bonchev–Trinajstić information content (AvgIpc) is 3.43. The SMILES string of the molecule is c1ccc2c(c1)nc(CNCc1nc3ccccc3n1Cc1ccncc1)n2Cc1ccncc1. The van der Waals surface area contributed by atoms with Gasteiger partial charge >= 0.3 is 0 Å². The molecule has 4 heterocycles. The second-order valence-electron chi connectivity index (χ2n) is 8.52. The summed E-state index contributed by atoms with van der Waals surface area (Å²) in [5.41, 5.74) is 6.66. The van der Waals surface area contributed by atoms with Crippen LogP contribution >= 0.6 is 0 Å². The van der Waals surface area contributed by atoms with Crippen molar-refractivity contribution in [3.63, 3.8) is 0 Å². The Morgan fingerprint density at radius 2 is 0.971 bits per heavy atom. The predicted octanol–water partition coefficient (Wildman–Crippen LogP) is 4.56. The number of para-hydroxylation sites is 4. The highest BCUT2D eigenvalue weighted by atomic mass is 15.1. The van der Waals surface area contributed by atoms with Gasteiger partial charge in [0.1, 0.15) is 11.6 Å². The Morgan fingerprint density at radius 1 is 0.543 bits per heavy atom. The van der Waals surface area contributed by atoms with Crippen molar-refractivity contribution >= 4 is 22.1 Å². The monoisotopic (exact) mass is 459 g/mol. The van der Waals surface area contributed by atoms with E-state index >= 15 is 0 Å². The average molecular weight is 460 g/mol. The highest BCUT2D eigenvalue weighted by Gasteiger charge is 2.14. The van der Waals surface area contributed by atoms with E-state index in [1.807, 2.05) is 61.2 Å². The maximum absolute atomic E-state index is 4.92. The van der Waals surface area contributed by atoms with Gasteiger partial charge in [-0.05, 0) is 59.7 Å². The van der Waals surface area contributed by atoms with Crippen LogP contribution in [0.1, 0.15) is 22.8 Å². The lowest BCUT2D eigenvalue weighted by molar-refractivity contribution is 0.593. The second-order valence-corrected chi connectivity index (χ2v) is 8.52. The van der Waals surface area contributed by atoms with Crippen LogP contribution in [0.15, 0.2) is 97.6 Å². The van der Waals surface area contributed by atoms with Gasteiger partial charge in [0, 0.05) is 37.9 Å². The van der Waals surface area contributed by atoms with Gasteiger partial charge in [-0.3, -0.25) is 9.97 Å². The fourth-order valence-corrected chi connectivity index (χ4v) is 4.50. The molecule has 0 aliphatic rings. The smallest absolute Gasteiger partial charge is 0.124 e. The van der Waals surface area contributed by atoms with Gasteiger partial charge < -0.3 is 14.5 Å². The molecule has 0 aliphatic heterocycles. The first-order valence-electron chi connectivity index (χ1n) is 11.7. The largest absolute Gasteiger partial charge is 0.322 e. The number of hydrogen-bond acceptors (Lipinski definition) is 5. The van der Waals surface area contributed by atoms with Gasteiger partial charge in [-0.25, -0.2) is 9.97 Å². The molecule has 0 saturated heterocycles. The van der Waals surface area contributed by atoms with Crippen LogP contribution in [0.3, 0.4) is 0 Å². The molecule has 0 aliphatic carbocycles. The number of fused-ring (bicyclic) bond motifs is 2. The number of nitrogens with one attached hydrogen (secondary N) is 1. The lowest BCUT2D eigenvalue weighted by Gasteiger charge is -2.12. The van der Waals surface area contributed by atoms with Gasteiger partial charge in [0.25, 0.3) is 0 Å². The summed E-state index contributed by atoms with van der Waals surface area (Å²) in [6, 6.07) is 24.8. The maximum Gasteiger partial charge on any atom is 0.124 e. The van der Waals surface area contributed by atoms with Gasteiger partial charge in [0.15, 0.2) is 0 Å². The molecule has 0 unspecified atom stereocenters. The third kappa shape index (κ3) is 4.41. The van der Waals surface area contributed by atoms with Crippen molar-refractivity contribution in [2.75, 3.05) is 0 Å². The van der Waals surface area contributed by atoms with E-state index in [1.54, 1.807) is 0 Å². The summed E-state index contributed by atoms with van der Waals surface area (Å²) in [6.07, 6.45) is 7.33. The second kappa shape index (κ2) is 9.48. The van der Waals surface area contributed by atoms with Crippen LogP contribution in [0.2, 0.25) is 0 Å². The van der Waals surface area contributed by atoms with Crippen LogP contribution in [0, 0.1) is 0 Å². The normalized spacial score (nSPS) is 11.4. The molecule has 0 amide bonds. The molecule has 0 saturated carbocycles. The molecule has 7 heteroatoms. The summed E-state index contributed by atoms with van der Waals surface area (Å²) < 4.78 is 4.55. The van der Waals surface area contributed by atoms with Crippen LogP contribution < -0.4 is 5.32 Å². The van der Waals surface area contributed by atoms with Crippen molar-refractivity contribution in [1.82, 2.24) is 34.4 Å². The molecule has 4 aromatic heterocycles. The summed E-state index contributed by atoms with van der Waals surface area (Å²) in [5, 5.41) is 3.60. The molecule has 172 valence electrons. The first kappa shape index (κ1) is 21.2. The van der Waals surface area contributed by atoms with E-state index in [2.05, 4.69) is 60.8 Å². The zero-order valence-electron chi connectivity index (χ0n) is 19.2. The lowest BCUT2D eigenvalue weighted by atomic mass is 10.2. The number of pyridine rings is 2. The summed E-state index contributed by atoms with van der Waals surface area (Å²) in [4.78, 5) is 18.1. The predicted molar refractivity (Wildman–Crippen MR) is 137 cm³/mol. The van der Waals surface area contributed by atoms with E-state index in [4.69, 9.17) is 9.97 Å². The van der Waals surface area contributed by atoms with Crippen LogP contribution in [0.5, 0.6) is 0 Å². The number of nitrogens with zero attached hydrogens (tertiary/aromatic N) is 6. The molecule has 0 fully saturated rings. The minimum absolute atomic E-state index is 0.637. The Hall–Kier alpha value is -4.36. The molecular formula is C28H25N7. The minimum Gasteiger partial charge on any atom is -0.322 e. The standard InChI is InChI=1S/C28H25N7/c1-3-7-25-23(5-1)32-27(34(25)19-21-9-13-29-14-10-21)17-31-18-28-33-24-6-2-4-8-26(24)35(28)20-22-11-15-30-16-12-22/h1-16,31H,17-20H2. The number of rotatable bonds is 8. The van der Waals surface area contributed by atoms with E-state index in [1.165, 1.54) is 11.1 Å². The Balaban J connectivity index is 1.27. The molecule has 6 aromatic rings. The maximum atomic E-state index is 4.92. The minimum atomic E-state index is 0.637. The van der Waals surface area contributed by atoms with Crippen LogP contribution in [-0.4, -0.2) is 29.1 Å². The fraction of sp³-hybridized carbons (Fsp3) is 0.143. The number of benzene rings is 2. The van der Waals surface area contributed by atoms with Gasteiger partial charge in [0.2, 0.25) is 0 Å². The van der Waals surface area contributed by atoms with Gasteiger partial charge in [0.05, 0.1) is 35.2 Å². The summed E-state index contributed by atoms with van der Waals surface area (Å²) >= 11 is 0. The first-order valence-corrected chi connectivity index (χ1v) is 11.7. The quantitative estimate of drug-likeness (QED) is 0.361. The van der Waals surface area contributed by atoms with Crippen molar-refractivity contribution in [3.05, 3.63) is 120 Å². The van der Waals surface area contributed by atoms with E-state index in [0.29, 0.717) is 13.1 Å². The van der Waals surface area contributed by atoms with Crippen molar-refractivity contribution < 1.29 is 0 Å². The topological polar surface area (TPSA) is 73.5 Å². The molecule has 0 bridgehead atoms. The van der Waals surface area contributed by atoms with E-state index < -0.39 is 0 Å². The molecule has 0 spiro atoms. The third-order valence-electron chi connectivity index (χ3n) is 6.21. The molecular weight excluding hydrogens is 434 g/mol. The molecule has 2 aromatic carbocycles. The summed E-state index contributed by atoms with van der Waals surface area (Å²) in [7, 11) is 0. The molecule has 35 heavy (non-hydrogen) atoms. The molecule has 7 nitrogen and oxygen atoms in total. The van der Waals surface area contributed by atoms with E-state index in [9.17, 15) is 0 Å². The van der Waals surface area contributed by atoms with Crippen molar-refractivity contribution in [2.24, 2.45) is 0 Å². The van der Waals surface area contributed by atoms with Gasteiger partial charge in [-0.1, -0.05) is 24.3 Å². The van der Waals surface area contributed by atoms with Crippen LogP contribution in [-0.2, 0) is 26.2 Å². The molecule has 0 atom stereocenters.